The molecule has 1 aliphatic heterocycles. The van der Waals surface area contributed by atoms with Crippen LogP contribution in [0.25, 0.3) is 11.0 Å². The van der Waals surface area contributed by atoms with Gasteiger partial charge in [0.25, 0.3) is 5.91 Å². The molecule has 5 nitrogen and oxygen atoms in total. The highest BCUT2D eigenvalue weighted by Crippen LogP contribution is 2.38. The van der Waals surface area contributed by atoms with Crippen LogP contribution in [0, 0.1) is 25.7 Å². The number of rotatable bonds is 2. The predicted molar refractivity (Wildman–Crippen MR) is 82.3 cm³/mol. The Balaban J connectivity index is 1.94. The molecule has 3 rings (SSSR count). The average molecular weight is 355 g/mol. The molecule has 1 amide bonds. The van der Waals surface area contributed by atoms with E-state index in [0.717, 1.165) is 16.0 Å². The van der Waals surface area contributed by atoms with E-state index in [1.54, 1.807) is 12.1 Å². The number of hydrogen-bond donors (Lipinski definition) is 1. The molecule has 0 saturated carbocycles. The Hall–Kier alpha value is -2.51. The topological polar surface area (TPSA) is 70.8 Å². The van der Waals surface area contributed by atoms with Crippen molar-refractivity contribution in [1.29, 1.82) is 0 Å². The van der Waals surface area contributed by atoms with Gasteiger partial charge in [-0.05, 0) is 37.1 Å². The van der Waals surface area contributed by atoms with Crippen LogP contribution in [0.3, 0.4) is 0 Å². The summed E-state index contributed by atoms with van der Waals surface area (Å²) in [4.78, 5) is 24.8. The van der Waals surface area contributed by atoms with Crippen LogP contribution in [-0.4, -0.2) is 41.1 Å². The summed E-state index contributed by atoms with van der Waals surface area (Å²) in [5, 5.41) is 9.57. The lowest BCUT2D eigenvalue weighted by molar-refractivity contribution is -0.187. The number of carbonyl (C=O) groups is 2. The summed E-state index contributed by atoms with van der Waals surface area (Å²) < 4.78 is 44.6. The van der Waals surface area contributed by atoms with Crippen molar-refractivity contribution in [3.05, 3.63) is 35.1 Å². The summed E-state index contributed by atoms with van der Waals surface area (Å²) in [5.41, 5.74) is 2.49. The SMILES string of the molecule is Cc1cc2occ(C(=O)N3C[C@@H](C(F)(F)F)[C@H](C(=O)O)C3)c2cc1C. The fraction of sp³-hybridized carbons (Fsp3) is 0.412. The summed E-state index contributed by atoms with van der Waals surface area (Å²) in [6.07, 6.45) is -3.47. The van der Waals surface area contributed by atoms with Gasteiger partial charge in [-0.3, -0.25) is 9.59 Å². The lowest BCUT2D eigenvalue weighted by Crippen LogP contribution is -2.34. The number of carboxylic acids is 1. The minimum Gasteiger partial charge on any atom is -0.481 e. The molecule has 25 heavy (non-hydrogen) atoms. The first-order valence-corrected chi connectivity index (χ1v) is 7.67. The number of alkyl halides is 3. The number of benzene rings is 1. The lowest BCUT2D eigenvalue weighted by Gasteiger charge is -2.18. The molecule has 1 N–H and O–H groups in total. The van der Waals surface area contributed by atoms with E-state index in [2.05, 4.69) is 0 Å². The normalized spacial score (nSPS) is 21.1. The quantitative estimate of drug-likeness (QED) is 0.896. The highest BCUT2D eigenvalue weighted by molar-refractivity contribution is 6.06. The van der Waals surface area contributed by atoms with Crippen molar-refractivity contribution >= 4 is 22.8 Å². The number of nitrogens with zero attached hydrogens (tertiary/aromatic N) is 1. The molecule has 1 aromatic carbocycles. The minimum absolute atomic E-state index is 0.144. The molecule has 2 atom stereocenters. The van der Waals surface area contributed by atoms with Crippen molar-refractivity contribution in [2.24, 2.45) is 11.8 Å². The average Bonchev–Trinajstić information content (AvgIpc) is 3.11. The molecule has 0 spiro atoms. The van der Waals surface area contributed by atoms with Gasteiger partial charge in [0.1, 0.15) is 11.8 Å². The van der Waals surface area contributed by atoms with Crippen LogP contribution in [-0.2, 0) is 4.79 Å². The molecule has 2 aromatic rings. The molecule has 1 aromatic heterocycles. The Morgan fingerprint density at radius 3 is 2.40 bits per heavy atom. The summed E-state index contributed by atoms with van der Waals surface area (Å²) in [6, 6.07) is 3.50. The largest absolute Gasteiger partial charge is 0.481 e. The Morgan fingerprint density at radius 1 is 1.20 bits per heavy atom. The summed E-state index contributed by atoms with van der Waals surface area (Å²) >= 11 is 0. The zero-order valence-electron chi connectivity index (χ0n) is 13.6. The first-order chi connectivity index (χ1) is 11.6. The van der Waals surface area contributed by atoms with Gasteiger partial charge in [-0.2, -0.15) is 13.2 Å². The molecule has 0 radical (unpaired) electrons. The van der Waals surface area contributed by atoms with E-state index >= 15 is 0 Å². The molecular weight excluding hydrogens is 339 g/mol. The molecule has 8 heteroatoms. The Labute approximate surface area is 141 Å². The van der Waals surface area contributed by atoms with E-state index in [-0.39, 0.29) is 5.56 Å². The van der Waals surface area contributed by atoms with E-state index in [1.807, 2.05) is 13.8 Å². The number of fused-ring (bicyclic) bond motifs is 1. The molecule has 0 bridgehead atoms. The van der Waals surface area contributed by atoms with Crippen molar-refractivity contribution in [3.8, 4) is 0 Å². The molecular formula is C17H16F3NO4. The first-order valence-electron chi connectivity index (χ1n) is 7.67. The number of likely N-dealkylation sites (tertiary alicyclic amines) is 1. The molecule has 2 heterocycles. The highest BCUT2D eigenvalue weighted by Gasteiger charge is 2.53. The van der Waals surface area contributed by atoms with Gasteiger partial charge in [0.15, 0.2) is 0 Å². The van der Waals surface area contributed by atoms with Crippen LogP contribution in [0.5, 0.6) is 0 Å². The monoisotopic (exact) mass is 355 g/mol. The van der Waals surface area contributed by atoms with E-state index in [0.29, 0.717) is 11.0 Å². The molecule has 134 valence electrons. The van der Waals surface area contributed by atoms with E-state index in [1.165, 1.54) is 6.26 Å². The van der Waals surface area contributed by atoms with Crippen LogP contribution in [0.2, 0.25) is 0 Å². The second-order valence-electron chi connectivity index (χ2n) is 6.38. The van der Waals surface area contributed by atoms with Crippen molar-refractivity contribution in [1.82, 2.24) is 4.90 Å². The van der Waals surface area contributed by atoms with Crippen LogP contribution in [0.15, 0.2) is 22.8 Å². The van der Waals surface area contributed by atoms with E-state index in [4.69, 9.17) is 9.52 Å². The Kier molecular flexibility index (Phi) is 4.01. The van der Waals surface area contributed by atoms with E-state index in [9.17, 15) is 22.8 Å². The number of hydrogen-bond acceptors (Lipinski definition) is 3. The first kappa shape index (κ1) is 17.3. The lowest BCUT2D eigenvalue weighted by atomic mass is 9.96. The molecule has 0 unspecified atom stereocenters. The maximum Gasteiger partial charge on any atom is 0.394 e. The number of carbonyl (C=O) groups excluding carboxylic acids is 1. The molecule has 0 aliphatic carbocycles. The van der Waals surface area contributed by atoms with Crippen LogP contribution >= 0.6 is 0 Å². The summed E-state index contributed by atoms with van der Waals surface area (Å²) in [5.74, 6) is -5.94. The smallest absolute Gasteiger partial charge is 0.394 e. The van der Waals surface area contributed by atoms with Gasteiger partial charge in [0.2, 0.25) is 0 Å². The van der Waals surface area contributed by atoms with Crippen LogP contribution < -0.4 is 0 Å². The highest BCUT2D eigenvalue weighted by atomic mass is 19.4. The van der Waals surface area contributed by atoms with Gasteiger partial charge in [0, 0.05) is 18.5 Å². The van der Waals surface area contributed by atoms with Crippen molar-refractivity contribution in [2.45, 2.75) is 20.0 Å². The third-order valence-electron chi connectivity index (χ3n) is 4.76. The number of halogens is 3. The molecule has 1 fully saturated rings. The van der Waals surface area contributed by atoms with Gasteiger partial charge >= 0.3 is 12.1 Å². The number of furan rings is 1. The number of carboxylic acid groups (broad SMARTS) is 1. The molecule has 1 aliphatic rings. The standard InChI is InChI=1S/C17H16F3NO4/c1-8-3-10-12(7-25-14(10)4-9(8)2)15(22)21-5-11(16(23)24)13(6-21)17(18,19)20/h3-4,7,11,13H,5-6H2,1-2H3,(H,23,24)/t11-,13-/m1/s1. The Morgan fingerprint density at radius 2 is 1.84 bits per heavy atom. The maximum absolute atomic E-state index is 13.1. The van der Waals surface area contributed by atoms with Gasteiger partial charge < -0.3 is 14.4 Å². The van der Waals surface area contributed by atoms with Gasteiger partial charge in [-0.1, -0.05) is 0 Å². The minimum atomic E-state index is -4.68. The third kappa shape index (κ3) is 2.96. The second kappa shape index (κ2) is 5.79. The van der Waals surface area contributed by atoms with Crippen LogP contribution in [0.1, 0.15) is 21.5 Å². The second-order valence-corrected chi connectivity index (χ2v) is 6.38. The zero-order chi connectivity index (χ0) is 18.5. The number of aliphatic carboxylic acids is 1. The number of amides is 1. The summed E-state index contributed by atoms with van der Waals surface area (Å²) in [7, 11) is 0. The van der Waals surface area contributed by atoms with Gasteiger partial charge in [0.05, 0.1) is 17.4 Å². The van der Waals surface area contributed by atoms with Crippen LogP contribution in [0.4, 0.5) is 13.2 Å². The summed E-state index contributed by atoms with van der Waals surface area (Å²) in [6.45, 7) is 2.59. The van der Waals surface area contributed by atoms with Crippen molar-refractivity contribution in [3.63, 3.8) is 0 Å². The van der Waals surface area contributed by atoms with Gasteiger partial charge in [-0.25, -0.2) is 0 Å². The Bertz CT molecular complexity index is 855. The predicted octanol–water partition coefficient (Wildman–Crippen LogP) is 3.38. The van der Waals surface area contributed by atoms with Gasteiger partial charge in [-0.15, -0.1) is 0 Å². The fourth-order valence-electron chi connectivity index (χ4n) is 3.17. The number of aryl methyl sites for hydroxylation is 2. The maximum atomic E-state index is 13.1. The third-order valence-corrected chi connectivity index (χ3v) is 4.76. The van der Waals surface area contributed by atoms with Crippen molar-refractivity contribution < 1.29 is 32.3 Å². The van der Waals surface area contributed by atoms with E-state index < -0.39 is 43.0 Å². The zero-order valence-corrected chi connectivity index (χ0v) is 13.6. The van der Waals surface area contributed by atoms with Crippen molar-refractivity contribution in [2.75, 3.05) is 13.1 Å². The molecule has 1 saturated heterocycles. The fourth-order valence-corrected chi connectivity index (χ4v) is 3.17.